The molecular formula is C24H26ClF3N4O. The number of hydrogen-bond donors (Lipinski definition) is 1. The third-order valence-electron chi connectivity index (χ3n) is 5.00. The van der Waals surface area contributed by atoms with Gasteiger partial charge in [0.05, 0.1) is 16.4 Å². The molecule has 1 amide bonds. The number of benzene rings is 2. The number of amides is 1. The number of nitrogens with one attached hydrogen (secondary N) is 1. The second kappa shape index (κ2) is 9.57. The van der Waals surface area contributed by atoms with Gasteiger partial charge >= 0.3 is 6.18 Å². The van der Waals surface area contributed by atoms with E-state index in [1.165, 1.54) is 4.68 Å². The maximum atomic E-state index is 13.4. The Bertz CT molecular complexity index is 1120. The van der Waals surface area contributed by atoms with Crippen molar-refractivity contribution in [2.45, 2.75) is 20.0 Å². The van der Waals surface area contributed by atoms with Crippen LogP contribution in [0.2, 0.25) is 5.02 Å². The van der Waals surface area contributed by atoms with E-state index >= 15 is 0 Å². The SMILES string of the molecule is CN(C)CC(C)(C)CNC(=O)c1ccc(-c2cc(C(F)(F)F)nn2-c2ccccc2Cl)cc1. The van der Waals surface area contributed by atoms with Crippen molar-refractivity contribution in [3.63, 3.8) is 0 Å². The highest BCUT2D eigenvalue weighted by Crippen LogP contribution is 2.34. The number of aromatic nitrogens is 2. The Hall–Kier alpha value is -2.84. The monoisotopic (exact) mass is 478 g/mol. The molecule has 5 nitrogen and oxygen atoms in total. The van der Waals surface area contributed by atoms with Crippen molar-refractivity contribution in [2.75, 3.05) is 27.2 Å². The zero-order valence-electron chi connectivity index (χ0n) is 18.9. The van der Waals surface area contributed by atoms with E-state index in [1.807, 2.05) is 14.1 Å². The lowest BCUT2D eigenvalue weighted by Crippen LogP contribution is -2.39. The van der Waals surface area contributed by atoms with Crippen LogP contribution in [-0.2, 0) is 6.18 Å². The molecule has 0 aliphatic carbocycles. The van der Waals surface area contributed by atoms with Crippen molar-refractivity contribution in [3.05, 3.63) is 70.9 Å². The highest BCUT2D eigenvalue weighted by molar-refractivity contribution is 6.32. The van der Waals surface area contributed by atoms with E-state index in [0.717, 1.165) is 12.6 Å². The van der Waals surface area contributed by atoms with Crippen molar-refractivity contribution in [1.29, 1.82) is 0 Å². The average Bonchev–Trinajstić information content (AvgIpc) is 3.17. The predicted molar refractivity (Wildman–Crippen MR) is 124 cm³/mol. The molecule has 1 N–H and O–H groups in total. The van der Waals surface area contributed by atoms with Gasteiger partial charge in [0, 0.05) is 24.2 Å². The molecule has 9 heteroatoms. The molecule has 1 heterocycles. The molecular weight excluding hydrogens is 453 g/mol. The molecule has 0 radical (unpaired) electrons. The fourth-order valence-corrected chi connectivity index (χ4v) is 3.87. The van der Waals surface area contributed by atoms with E-state index in [-0.39, 0.29) is 22.0 Å². The first-order valence-corrected chi connectivity index (χ1v) is 10.7. The molecule has 0 fully saturated rings. The average molecular weight is 479 g/mol. The Morgan fingerprint density at radius 1 is 1.09 bits per heavy atom. The van der Waals surface area contributed by atoms with Gasteiger partial charge in [0.1, 0.15) is 0 Å². The minimum Gasteiger partial charge on any atom is -0.351 e. The van der Waals surface area contributed by atoms with Crippen LogP contribution in [0, 0.1) is 5.41 Å². The number of para-hydroxylation sites is 1. The number of halogens is 4. The summed E-state index contributed by atoms with van der Waals surface area (Å²) < 4.78 is 41.3. The lowest BCUT2D eigenvalue weighted by Gasteiger charge is -2.28. The number of hydrogen-bond acceptors (Lipinski definition) is 3. The molecule has 0 aliphatic rings. The second-order valence-electron chi connectivity index (χ2n) is 8.94. The van der Waals surface area contributed by atoms with E-state index in [0.29, 0.717) is 23.4 Å². The van der Waals surface area contributed by atoms with E-state index in [9.17, 15) is 18.0 Å². The van der Waals surface area contributed by atoms with Gasteiger partial charge in [0.25, 0.3) is 5.91 Å². The van der Waals surface area contributed by atoms with Crippen LogP contribution in [0.3, 0.4) is 0 Å². The van der Waals surface area contributed by atoms with Crippen molar-refractivity contribution in [1.82, 2.24) is 20.0 Å². The maximum absolute atomic E-state index is 13.4. The van der Waals surface area contributed by atoms with Gasteiger partial charge in [0.2, 0.25) is 0 Å². The summed E-state index contributed by atoms with van der Waals surface area (Å²) in [6.45, 7) is 5.41. The van der Waals surface area contributed by atoms with Gasteiger partial charge in [0.15, 0.2) is 5.69 Å². The van der Waals surface area contributed by atoms with Gasteiger partial charge in [-0.3, -0.25) is 4.79 Å². The summed E-state index contributed by atoms with van der Waals surface area (Å²) in [6.07, 6.45) is -4.61. The number of rotatable bonds is 7. The lowest BCUT2D eigenvalue weighted by molar-refractivity contribution is -0.141. The van der Waals surface area contributed by atoms with Gasteiger partial charge in [-0.05, 0) is 49.8 Å². The van der Waals surface area contributed by atoms with Crippen LogP contribution in [-0.4, -0.2) is 47.8 Å². The first kappa shape index (κ1) is 24.8. The standard InChI is InChI=1S/C24H26ClF3N4O/c1-23(2,15-31(3)4)14-29-22(33)17-11-9-16(10-12-17)20-13-21(24(26,27)28)30-32(20)19-8-6-5-7-18(19)25/h5-13H,14-15H2,1-4H3,(H,29,33). The Kier molecular flexibility index (Phi) is 7.19. The normalized spacial score (nSPS) is 12.3. The number of carbonyl (C=O) groups is 1. The molecule has 0 saturated carbocycles. The summed E-state index contributed by atoms with van der Waals surface area (Å²) in [5.74, 6) is -0.246. The van der Waals surface area contributed by atoms with Crippen LogP contribution >= 0.6 is 11.6 Å². The largest absolute Gasteiger partial charge is 0.435 e. The Morgan fingerprint density at radius 2 is 1.73 bits per heavy atom. The van der Waals surface area contributed by atoms with Gasteiger partial charge in [-0.15, -0.1) is 0 Å². The smallest absolute Gasteiger partial charge is 0.351 e. The summed E-state index contributed by atoms with van der Waals surface area (Å²) in [6, 6.07) is 13.9. The summed E-state index contributed by atoms with van der Waals surface area (Å²) in [7, 11) is 3.94. The van der Waals surface area contributed by atoms with Crippen molar-refractivity contribution >= 4 is 17.5 Å². The van der Waals surface area contributed by atoms with Crippen LogP contribution in [0.4, 0.5) is 13.2 Å². The van der Waals surface area contributed by atoms with Crippen molar-refractivity contribution < 1.29 is 18.0 Å². The van der Waals surface area contributed by atoms with Crippen LogP contribution in [0.1, 0.15) is 29.9 Å². The third kappa shape index (κ3) is 6.15. The molecule has 1 aromatic heterocycles. The first-order chi connectivity index (χ1) is 15.4. The Balaban J connectivity index is 1.88. The molecule has 2 aromatic carbocycles. The number of carbonyl (C=O) groups excluding carboxylic acids is 1. The fourth-order valence-electron chi connectivity index (χ4n) is 3.66. The summed E-state index contributed by atoms with van der Waals surface area (Å²) in [4.78, 5) is 14.6. The Morgan fingerprint density at radius 3 is 2.30 bits per heavy atom. The van der Waals surface area contributed by atoms with Crippen molar-refractivity contribution in [2.24, 2.45) is 5.41 Å². The molecule has 0 unspecified atom stereocenters. The number of alkyl halides is 3. The minimum absolute atomic E-state index is 0.117. The lowest BCUT2D eigenvalue weighted by atomic mass is 9.93. The highest BCUT2D eigenvalue weighted by Gasteiger charge is 2.35. The van der Waals surface area contributed by atoms with Crippen LogP contribution in [0.15, 0.2) is 54.6 Å². The number of nitrogens with zero attached hydrogens (tertiary/aromatic N) is 3. The molecule has 3 rings (SSSR count). The van der Waals surface area contributed by atoms with Crippen LogP contribution < -0.4 is 5.32 Å². The zero-order valence-corrected chi connectivity index (χ0v) is 19.6. The summed E-state index contributed by atoms with van der Waals surface area (Å²) in [5, 5.41) is 6.94. The minimum atomic E-state index is -4.61. The van der Waals surface area contributed by atoms with Gasteiger partial charge in [-0.25, -0.2) is 4.68 Å². The van der Waals surface area contributed by atoms with Crippen molar-refractivity contribution in [3.8, 4) is 16.9 Å². The molecule has 0 saturated heterocycles. The quantitative estimate of drug-likeness (QED) is 0.486. The Labute approximate surface area is 196 Å². The van der Waals surface area contributed by atoms with Gasteiger partial charge < -0.3 is 10.2 Å². The highest BCUT2D eigenvalue weighted by atomic mass is 35.5. The molecule has 0 spiro atoms. The maximum Gasteiger partial charge on any atom is 0.435 e. The third-order valence-corrected chi connectivity index (χ3v) is 5.31. The molecule has 0 atom stereocenters. The fraction of sp³-hybridized carbons (Fsp3) is 0.333. The molecule has 33 heavy (non-hydrogen) atoms. The molecule has 0 bridgehead atoms. The molecule has 0 aliphatic heterocycles. The summed E-state index contributed by atoms with van der Waals surface area (Å²) >= 11 is 6.21. The van der Waals surface area contributed by atoms with E-state index in [1.54, 1.807) is 48.5 Å². The zero-order chi connectivity index (χ0) is 24.4. The van der Waals surface area contributed by atoms with Crippen LogP contribution in [0.25, 0.3) is 16.9 Å². The van der Waals surface area contributed by atoms with E-state index in [4.69, 9.17) is 11.6 Å². The predicted octanol–water partition coefficient (Wildman–Crippen LogP) is 5.53. The van der Waals surface area contributed by atoms with Crippen LogP contribution in [0.5, 0.6) is 0 Å². The van der Waals surface area contributed by atoms with E-state index < -0.39 is 11.9 Å². The topological polar surface area (TPSA) is 50.2 Å². The van der Waals surface area contributed by atoms with Gasteiger partial charge in [-0.1, -0.05) is 49.7 Å². The second-order valence-corrected chi connectivity index (χ2v) is 9.35. The molecule has 176 valence electrons. The molecule has 3 aromatic rings. The first-order valence-electron chi connectivity index (χ1n) is 10.3. The van der Waals surface area contributed by atoms with E-state index in [2.05, 4.69) is 29.2 Å². The summed E-state index contributed by atoms with van der Waals surface area (Å²) in [5.41, 5.74) is 0.294. The van der Waals surface area contributed by atoms with Gasteiger partial charge in [-0.2, -0.15) is 18.3 Å².